The fraction of sp³-hybridized carbons (Fsp3) is 0.938. The van der Waals surface area contributed by atoms with Gasteiger partial charge < -0.3 is 0 Å². The number of carbonyl (C=O) groups is 1. The Balaban J connectivity index is 2.56. The third-order valence-corrected chi connectivity index (χ3v) is 4.83. The minimum absolute atomic E-state index is 0.256. The molecule has 0 heterocycles. The Morgan fingerprint density at radius 3 is 2.35 bits per heavy atom. The Kier molecular flexibility index (Phi) is 5.22. The molecule has 1 nitrogen and oxygen atoms in total. The summed E-state index contributed by atoms with van der Waals surface area (Å²) >= 11 is 0. The van der Waals surface area contributed by atoms with Crippen molar-refractivity contribution in [2.75, 3.05) is 0 Å². The highest BCUT2D eigenvalue weighted by Crippen LogP contribution is 2.36. The van der Waals surface area contributed by atoms with Gasteiger partial charge in [-0.3, -0.25) is 4.79 Å². The van der Waals surface area contributed by atoms with Crippen LogP contribution in [0.15, 0.2) is 0 Å². The molecule has 0 aliphatic heterocycles. The summed E-state index contributed by atoms with van der Waals surface area (Å²) in [6.07, 6.45) is 6.98. The van der Waals surface area contributed by atoms with Crippen molar-refractivity contribution in [2.45, 2.75) is 73.1 Å². The standard InChI is InChI=1S/C16H30O/c1-6-13-9-7-8-10-14(13)15(17)11-12(2)16(3,4)5/h12-14H,6-11H2,1-5H3. The SMILES string of the molecule is CCC1CCCCC1C(=O)CC(C)C(C)(C)C. The van der Waals surface area contributed by atoms with Crippen molar-refractivity contribution in [3.8, 4) is 0 Å². The first kappa shape index (κ1) is 14.7. The molecule has 3 unspecified atom stereocenters. The Morgan fingerprint density at radius 1 is 1.24 bits per heavy atom. The van der Waals surface area contributed by atoms with Crippen LogP contribution in [0, 0.1) is 23.2 Å². The molecule has 0 spiro atoms. The summed E-state index contributed by atoms with van der Waals surface area (Å²) < 4.78 is 0. The average molecular weight is 238 g/mol. The predicted octanol–water partition coefficient (Wildman–Crippen LogP) is 4.84. The highest BCUT2D eigenvalue weighted by atomic mass is 16.1. The first-order valence-corrected chi connectivity index (χ1v) is 7.39. The molecule has 1 heteroatoms. The lowest BCUT2D eigenvalue weighted by molar-refractivity contribution is -0.127. The molecule has 0 bridgehead atoms. The first-order chi connectivity index (χ1) is 7.86. The maximum Gasteiger partial charge on any atom is 0.136 e. The minimum Gasteiger partial charge on any atom is -0.299 e. The molecule has 0 aromatic rings. The quantitative estimate of drug-likeness (QED) is 0.684. The zero-order valence-corrected chi connectivity index (χ0v) is 12.4. The fourth-order valence-electron chi connectivity index (χ4n) is 2.88. The van der Waals surface area contributed by atoms with E-state index in [0.717, 1.165) is 12.8 Å². The van der Waals surface area contributed by atoms with E-state index < -0.39 is 0 Å². The normalized spacial score (nSPS) is 27.8. The smallest absolute Gasteiger partial charge is 0.136 e. The lowest BCUT2D eigenvalue weighted by Crippen LogP contribution is -2.30. The molecule has 1 aliphatic rings. The van der Waals surface area contributed by atoms with E-state index in [9.17, 15) is 4.79 Å². The highest BCUT2D eigenvalue weighted by Gasteiger charge is 2.32. The summed E-state index contributed by atoms with van der Waals surface area (Å²) in [6, 6.07) is 0. The van der Waals surface area contributed by atoms with Crippen molar-refractivity contribution in [1.82, 2.24) is 0 Å². The predicted molar refractivity (Wildman–Crippen MR) is 74.0 cm³/mol. The lowest BCUT2D eigenvalue weighted by atomic mass is 9.71. The summed E-state index contributed by atoms with van der Waals surface area (Å²) in [5.41, 5.74) is 0.256. The fourth-order valence-corrected chi connectivity index (χ4v) is 2.88. The Labute approximate surface area is 107 Å². The summed E-state index contributed by atoms with van der Waals surface area (Å²) in [5.74, 6) is 2.08. The molecule has 100 valence electrons. The molecule has 0 aromatic heterocycles. The summed E-state index contributed by atoms with van der Waals surface area (Å²) in [7, 11) is 0. The van der Waals surface area contributed by atoms with Gasteiger partial charge in [0.05, 0.1) is 0 Å². The van der Waals surface area contributed by atoms with Crippen LogP contribution in [0.4, 0.5) is 0 Å². The van der Waals surface area contributed by atoms with E-state index in [1.807, 2.05) is 0 Å². The average Bonchev–Trinajstić information content (AvgIpc) is 2.27. The van der Waals surface area contributed by atoms with Crippen LogP contribution in [0.25, 0.3) is 0 Å². The number of carbonyl (C=O) groups excluding carboxylic acids is 1. The van der Waals surface area contributed by atoms with Gasteiger partial charge >= 0.3 is 0 Å². The lowest BCUT2D eigenvalue weighted by Gasteiger charge is -2.33. The van der Waals surface area contributed by atoms with Crippen LogP contribution < -0.4 is 0 Å². The zero-order valence-electron chi connectivity index (χ0n) is 12.4. The van der Waals surface area contributed by atoms with E-state index in [1.54, 1.807) is 0 Å². The zero-order chi connectivity index (χ0) is 13.1. The molecule has 0 amide bonds. The van der Waals surface area contributed by atoms with E-state index in [0.29, 0.717) is 23.5 Å². The maximum absolute atomic E-state index is 12.4. The number of rotatable bonds is 4. The molecule has 3 atom stereocenters. The Bertz CT molecular complexity index is 249. The second kappa shape index (κ2) is 6.02. The van der Waals surface area contributed by atoms with Crippen molar-refractivity contribution in [1.29, 1.82) is 0 Å². The van der Waals surface area contributed by atoms with Gasteiger partial charge in [-0.1, -0.05) is 53.9 Å². The number of ketones is 1. The maximum atomic E-state index is 12.4. The van der Waals surface area contributed by atoms with Crippen molar-refractivity contribution >= 4 is 5.78 Å². The molecule has 0 aromatic carbocycles. The number of hydrogen-bond donors (Lipinski definition) is 0. The molecule has 17 heavy (non-hydrogen) atoms. The summed E-state index contributed by atoms with van der Waals surface area (Å²) in [6.45, 7) is 11.2. The number of hydrogen-bond acceptors (Lipinski definition) is 1. The van der Waals surface area contributed by atoms with Gasteiger partial charge in [0.2, 0.25) is 0 Å². The summed E-state index contributed by atoms with van der Waals surface area (Å²) in [5, 5.41) is 0. The van der Waals surface area contributed by atoms with Crippen molar-refractivity contribution < 1.29 is 4.79 Å². The molecule has 1 saturated carbocycles. The van der Waals surface area contributed by atoms with Gasteiger partial charge in [0.15, 0.2) is 0 Å². The first-order valence-electron chi connectivity index (χ1n) is 7.39. The molecule has 1 rings (SSSR count). The molecular weight excluding hydrogens is 208 g/mol. The van der Waals surface area contributed by atoms with Crippen LogP contribution in [0.1, 0.15) is 73.1 Å². The van der Waals surface area contributed by atoms with Crippen LogP contribution in [0.5, 0.6) is 0 Å². The topological polar surface area (TPSA) is 17.1 Å². The van der Waals surface area contributed by atoms with E-state index >= 15 is 0 Å². The Morgan fingerprint density at radius 2 is 1.82 bits per heavy atom. The van der Waals surface area contributed by atoms with Crippen molar-refractivity contribution in [3.05, 3.63) is 0 Å². The molecule has 0 N–H and O–H groups in total. The van der Waals surface area contributed by atoms with Crippen molar-refractivity contribution in [3.63, 3.8) is 0 Å². The molecule has 0 saturated heterocycles. The number of Topliss-reactive ketones (excluding diaryl/α,β-unsaturated/α-hetero) is 1. The monoisotopic (exact) mass is 238 g/mol. The van der Waals surface area contributed by atoms with E-state index in [4.69, 9.17) is 0 Å². The molecular formula is C16H30O. The highest BCUT2D eigenvalue weighted by molar-refractivity contribution is 5.81. The minimum atomic E-state index is 0.256. The molecule has 0 radical (unpaired) electrons. The van der Waals surface area contributed by atoms with Gasteiger partial charge in [0.25, 0.3) is 0 Å². The second-order valence-corrected chi connectivity index (χ2v) is 7.00. The third-order valence-electron chi connectivity index (χ3n) is 4.83. The van der Waals surface area contributed by atoms with Gasteiger partial charge in [-0.05, 0) is 30.1 Å². The second-order valence-electron chi connectivity index (χ2n) is 7.00. The van der Waals surface area contributed by atoms with Gasteiger partial charge in [-0.25, -0.2) is 0 Å². The van der Waals surface area contributed by atoms with Gasteiger partial charge in [0.1, 0.15) is 5.78 Å². The molecule has 1 fully saturated rings. The van der Waals surface area contributed by atoms with Crippen LogP contribution in [-0.2, 0) is 4.79 Å². The van der Waals surface area contributed by atoms with Gasteiger partial charge in [0, 0.05) is 12.3 Å². The van der Waals surface area contributed by atoms with Crippen molar-refractivity contribution in [2.24, 2.45) is 23.2 Å². The van der Waals surface area contributed by atoms with Gasteiger partial charge in [-0.2, -0.15) is 0 Å². The van der Waals surface area contributed by atoms with E-state index in [-0.39, 0.29) is 5.41 Å². The summed E-state index contributed by atoms with van der Waals surface area (Å²) in [4.78, 5) is 12.4. The third kappa shape index (κ3) is 4.12. The van der Waals surface area contributed by atoms with Crippen LogP contribution in [0.2, 0.25) is 0 Å². The van der Waals surface area contributed by atoms with E-state index in [2.05, 4.69) is 34.6 Å². The van der Waals surface area contributed by atoms with Crippen LogP contribution in [0.3, 0.4) is 0 Å². The Hall–Kier alpha value is -0.330. The molecule has 1 aliphatic carbocycles. The van der Waals surface area contributed by atoms with Gasteiger partial charge in [-0.15, -0.1) is 0 Å². The largest absolute Gasteiger partial charge is 0.299 e. The van der Waals surface area contributed by atoms with E-state index in [1.165, 1.54) is 25.7 Å². The van der Waals surface area contributed by atoms with Crippen LogP contribution >= 0.6 is 0 Å². The van der Waals surface area contributed by atoms with Crippen LogP contribution in [-0.4, -0.2) is 5.78 Å².